The zero-order valence-electron chi connectivity index (χ0n) is 27.0. The summed E-state index contributed by atoms with van der Waals surface area (Å²) in [4.78, 5) is 27.1. The minimum Gasteiger partial charge on any atom is -0.444 e. The number of carbonyl (C=O) groups excluding carboxylic acids is 1. The summed E-state index contributed by atoms with van der Waals surface area (Å²) in [7, 11) is 1.90. The Morgan fingerprint density at radius 3 is 2.44 bits per heavy atom. The summed E-state index contributed by atoms with van der Waals surface area (Å²) in [6.07, 6.45) is 4.25. The normalized spacial score (nSPS) is 15.6. The molecule has 2 aliphatic heterocycles. The molecule has 1 amide bonds. The molecule has 6 rings (SSSR count). The second kappa shape index (κ2) is 12.3. The molecule has 11 heteroatoms. The van der Waals surface area contributed by atoms with Crippen LogP contribution in [0.3, 0.4) is 0 Å². The van der Waals surface area contributed by atoms with Gasteiger partial charge in [-0.1, -0.05) is 36.5 Å². The number of fused-ring (bicyclic) bond motifs is 2. The van der Waals surface area contributed by atoms with Crippen molar-refractivity contribution in [2.75, 3.05) is 30.3 Å². The maximum absolute atomic E-state index is 12.5. The summed E-state index contributed by atoms with van der Waals surface area (Å²) in [5.74, 6) is 1.54. The fourth-order valence-corrected chi connectivity index (χ4v) is 6.56. The fraction of sp³-hybridized carbons (Fsp3) is 0.441. The molecule has 0 unspecified atom stereocenters. The van der Waals surface area contributed by atoms with Gasteiger partial charge < -0.3 is 25.2 Å². The Labute approximate surface area is 270 Å². The molecule has 4 aromatic rings. The van der Waals surface area contributed by atoms with Crippen molar-refractivity contribution in [2.24, 2.45) is 13.0 Å². The van der Waals surface area contributed by atoms with Crippen LogP contribution in [-0.2, 0) is 24.8 Å². The predicted molar refractivity (Wildman–Crippen MR) is 182 cm³/mol. The highest BCUT2D eigenvalue weighted by Gasteiger charge is 2.31. The zero-order chi connectivity index (χ0) is 31.9. The van der Waals surface area contributed by atoms with E-state index in [1.54, 1.807) is 9.58 Å². The smallest absolute Gasteiger partial charge is 0.410 e. The third-order valence-corrected chi connectivity index (χ3v) is 9.18. The molecule has 2 aliphatic rings. The Morgan fingerprint density at radius 2 is 1.73 bits per heavy atom. The molecule has 0 spiro atoms. The molecule has 236 valence electrons. The number of thiocarbonyl (C=S) groups is 1. The molecule has 2 aromatic carbocycles. The molecule has 0 bridgehead atoms. The van der Waals surface area contributed by atoms with Crippen molar-refractivity contribution in [3.63, 3.8) is 0 Å². The third kappa shape index (κ3) is 6.73. The van der Waals surface area contributed by atoms with Crippen LogP contribution in [0.5, 0.6) is 0 Å². The lowest BCUT2D eigenvalue weighted by Crippen LogP contribution is -2.46. The number of amides is 1. The van der Waals surface area contributed by atoms with E-state index in [0.29, 0.717) is 19.0 Å². The van der Waals surface area contributed by atoms with Crippen LogP contribution in [0.4, 0.5) is 27.9 Å². The molecule has 0 aliphatic carbocycles. The van der Waals surface area contributed by atoms with Gasteiger partial charge in [-0.15, -0.1) is 0 Å². The van der Waals surface area contributed by atoms with Gasteiger partial charge in [0.2, 0.25) is 5.95 Å². The van der Waals surface area contributed by atoms with Gasteiger partial charge in [0.25, 0.3) is 0 Å². The molecule has 1 fully saturated rings. The second-order valence-electron chi connectivity index (χ2n) is 13.2. The number of likely N-dealkylation sites (tertiary alicyclic amines) is 1. The first-order valence-electron chi connectivity index (χ1n) is 15.6. The van der Waals surface area contributed by atoms with Crippen LogP contribution in [0.2, 0.25) is 0 Å². The summed E-state index contributed by atoms with van der Waals surface area (Å²) in [6, 6.07) is 12.7. The molecular weight excluding hydrogens is 584 g/mol. The standard InChI is InChI=1S/C34H42N8O2S/c1-21-8-7-9-22(2)28(21)37-29-27-19-35-32(38-30(27)40(6)39-29)36-26-11-10-23-12-17-42(20-25(23)18-26)31(45)24-13-15-41(16-14-24)33(43)44-34(3,4)5/h7-11,18-19,24H,12-17,20H2,1-6H3,(H,37,39)(H,35,36,38). The number of para-hydroxylation sites is 1. The second-order valence-corrected chi connectivity index (χ2v) is 13.6. The number of piperidine rings is 1. The minimum atomic E-state index is -0.488. The summed E-state index contributed by atoms with van der Waals surface area (Å²) >= 11 is 6.01. The summed E-state index contributed by atoms with van der Waals surface area (Å²) in [6.45, 7) is 12.9. The van der Waals surface area contributed by atoms with Crippen LogP contribution in [0.15, 0.2) is 42.6 Å². The highest BCUT2D eigenvalue weighted by molar-refractivity contribution is 7.80. The van der Waals surface area contributed by atoms with Gasteiger partial charge in [0.05, 0.1) is 10.4 Å². The van der Waals surface area contributed by atoms with Gasteiger partial charge in [0, 0.05) is 56.7 Å². The zero-order valence-corrected chi connectivity index (χ0v) is 27.8. The van der Waals surface area contributed by atoms with Crippen molar-refractivity contribution in [3.8, 4) is 0 Å². The number of carbonyl (C=O) groups is 1. The van der Waals surface area contributed by atoms with Crippen molar-refractivity contribution in [1.82, 2.24) is 29.5 Å². The summed E-state index contributed by atoms with van der Waals surface area (Å²) in [5, 5.41) is 12.4. The number of anilines is 4. The Morgan fingerprint density at radius 1 is 1.00 bits per heavy atom. The molecule has 10 nitrogen and oxygen atoms in total. The van der Waals surface area contributed by atoms with Gasteiger partial charge in [-0.2, -0.15) is 10.1 Å². The van der Waals surface area contributed by atoms with Gasteiger partial charge in [0.1, 0.15) is 5.60 Å². The lowest BCUT2D eigenvalue weighted by Gasteiger charge is -2.38. The number of aromatic nitrogens is 4. The molecule has 0 atom stereocenters. The Hall–Kier alpha value is -4.25. The minimum absolute atomic E-state index is 0.236. The van der Waals surface area contributed by atoms with Crippen LogP contribution in [0, 0.1) is 19.8 Å². The lowest BCUT2D eigenvalue weighted by atomic mass is 9.93. The maximum atomic E-state index is 12.5. The van der Waals surface area contributed by atoms with E-state index in [0.717, 1.165) is 76.7 Å². The average Bonchev–Trinajstić information content (AvgIpc) is 3.31. The Balaban J connectivity index is 1.11. The topological polar surface area (TPSA) is 100 Å². The molecule has 0 saturated carbocycles. The van der Waals surface area contributed by atoms with Gasteiger partial charge in [-0.25, -0.2) is 14.5 Å². The van der Waals surface area contributed by atoms with E-state index < -0.39 is 5.60 Å². The molecule has 45 heavy (non-hydrogen) atoms. The van der Waals surface area contributed by atoms with Gasteiger partial charge >= 0.3 is 6.09 Å². The number of aryl methyl sites for hydroxylation is 3. The fourth-order valence-electron chi connectivity index (χ4n) is 6.17. The first kappa shape index (κ1) is 30.8. The highest BCUT2D eigenvalue weighted by atomic mass is 32.1. The molecule has 4 heterocycles. The van der Waals surface area contributed by atoms with Gasteiger partial charge in [-0.05, 0) is 88.3 Å². The van der Waals surface area contributed by atoms with Gasteiger partial charge in [-0.3, -0.25) is 0 Å². The van der Waals surface area contributed by atoms with Crippen molar-refractivity contribution < 1.29 is 9.53 Å². The number of rotatable bonds is 5. The molecular formula is C34H42N8O2S. The van der Waals surface area contributed by atoms with Crippen molar-refractivity contribution in [3.05, 3.63) is 64.8 Å². The van der Waals surface area contributed by atoms with E-state index in [4.69, 9.17) is 27.0 Å². The lowest BCUT2D eigenvalue weighted by molar-refractivity contribution is 0.0199. The van der Waals surface area contributed by atoms with Crippen molar-refractivity contribution >= 4 is 57.5 Å². The van der Waals surface area contributed by atoms with Crippen LogP contribution in [0.25, 0.3) is 11.0 Å². The molecule has 2 N–H and O–H groups in total. The average molecular weight is 627 g/mol. The van der Waals surface area contributed by atoms with E-state index in [1.165, 1.54) is 11.1 Å². The Bertz CT molecular complexity index is 1730. The first-order chi connectivity index (χ1) is 21.4. The largest absolute Gasteiger partial charge is 0.444 e. The van der Waals surface area contributed by atoms with Crippen LogP contribution < -0.4 is 10.6 Å². The number of benzene rings is 2. The number of ether oxygens (including phenoxy) is 1. The van der Waals surface area contributed by atoms with E-state index in [-0.39, 0.29) is 12.0 Å². The predicted octanol–water partition coefficient (Wildman–Crippen LogP) is 6.80. The number of nitrogens with zero attached hydrogens (tertiary/aromatic N) is 6. The summed E-state index contributed by atoms with van der Waals surface area (Å²) < 4.78 is 7.34. The molecule has 1 saturated heterocycles. The third-order valence-electron chi connectivity index (χ3n) is 8.59. The first-order valence-corrected chi connectivity index (χ1v) is 16.0. The van der Waals surface area contributed by atoms with Crippen LogP contribution in [-0.4, -0.2) is 65.9 Å². The molecule has 2 aromatic heterocycles. The van der Waals surface area contributed by atoms with Gasteiger partial charge in [0.15, 0.2) is 11.5 Å². The van der Waals surface area contributed by atoms with E-state index in [9.17, 15) is 4.79 Å². The monoisotopic (exact) mass is 626 g/mol. The van der Waals surface area contributed by atoms with Crippen LogP contribution in [0.1, 0.15) is 55.9 Å². The number of hydrogen-bond donors (Lipinski definition) is 2. The summed E-state index contributed by atoms with van der Waals surface area (Å²) in [5.41, 5.74) is 7.14. The maximum Gasteiger partial charge on any atom is 0.410 e. The number of hydrogen-bond acceptors (Lipinski definition) is 8. The van der Waals surface area contributed by atoms with E-state index in [2.05, 4.69) is 70.8 Å². The Kier molecular flexibility index (Phi) is 8.39. The van der Waals surface area contributed by atoms with Crippen molar-refractivity contribution in [1.29, 1.82) is 0 Å². The quantitative estimate of drug-likeness (QED) is 0.232. The van der Waals surface area contributed by atoms with Crippen LogP contribution >= 0.6 is 12.2 Å². The molecule has 0 radical (unpaired) electrons. The van der Waals surface area contributed by atoms with Crippen molar-refractivity contribution in [2.45, 2.75) is 66.0 Å². The highest BCUT2D eigenvalue weighted by Crippen LogP contribution is 2.31. The van der Waals surface area contributed by atoms with E-state index in [1.807, 2.05) is 34.0 Å². The van der Waals surface area contributed by atoms with E-state index >= 15 is 0 Å². The number of nitrogens with one attached hydrogen (secondary N) is 2. The SMILES string of the molecule is Cc1cccc(C)c1Nc1nn(C)c2nc(Nc3ccc4c(c3)CN(C(=S)C3CCN(C(=O)OC(C)(C)C)CC3)CC4)ncc12.